The van der Waals surface area contributed by atoms with Gasteiger partial charge in [-0.05, 0) is 29.9 Å². The van der Waals surface area contributed by atoms with Gasteiger partial charge in [0.15, 0.2) is 0 Å². The number of thiophene rings is 1. The van der Waals surface area contributed by atoms with Gasteiger partial charge in [0.05, 0.1) is 0 Å². The molecular weight excluding hydrogens is 322 g/mol. The number of rotatable bonds is 5. The highest BCUT2D eigenvalue weighted by molar-refractivity contribution is 7.09. The Balaban J connectivity index is 1.40. The van der Waals surface area contributed by atoms with Crippen molar-refractivity contribution in [2.45, 2.75) is 13.3 Å². The van der Waals surface area contributed by atoms with Gasteiger partial charge in [-0.3, -0.25) is 0 Å². The molecule has 0 aliphatic carbocycles. The molecular formula is C17H23N5OS. The van der Waals surface area contributed by atoms with Crippen molar-refractivity contribution in [3.05, 3.63) is 40.8 Å². The van der Waals surface area contributed by atoms with Gasteiger partial charge in [0, 0.05) is 50.0 Å². The number of urea groups is 1. The van der Waals surface area contributed by atoms with Gasteiger partial charge < -0.3 is 15.1 Å². The lowest BCUT2D eigenvalue weighted by Crippen LogP contribution is -2.52. The molecule has 1 atom stereocenters. The average molecular weight is 345 g/mol. The SMILES string of the molecule is CC(CNC(=O)N1CCN(c2ncccn2)CC1)Cc1cccs1. The Hall–Kier alpha value is -2.15. The summed E-state index contributed by atoms with van der Waals surface area (Å²) < 4.78 is 0. The zero-order chi connectivity index (χ0) is 16.8. The Morgan fingerprint density at radius 1 is 1.25 bits per heavy atom. The largest absolute Gasteiger partial charge is 0.338 e. The Bertz CT molecular complexity index is 626. The summed E-state index contributed by atoms with van der Waals surface area (Å²) in [4.78, 5) is 26.2. The van der Waals surface area contributed by atoms with Crippen molar-refractivity contribution in [1.29, 1.82) is 0 Å². The van der Waals surface area contributed by atoms with Crippen LogP contribution in [0.15, 0.2) is 36.0 Å². The zero-order valence-corrected chi connectivity index (χ0v) is 14.7. The van der Waals surface area contributed by atoms with Gasteiger partial charge in [-0.2, -0.15) is 0 Å². The molecule has 2 aromatic rings. The Kier molecular flexibility index (Phi) is 5.63. The van der Waals surface area contributed by atoms with Gasteiger partial charge >= 0.3 is 6.03 Å². The van der Waals surface area contributed by atoms with E-state index in [-0.39, 0.29) is 6.03 Å². The number of carbonyl (C=O) groups excluding carboxylic acids is 1. The summed E-state index contributed by atoms with van der Waals surface area (Å²) in [6.07, 6.45) is 4.50. The number of amides is 2. The molecule has 1 aliphatic heterocycles. The molecule has 24 heavy (non-hydrogen) atoms. The van der Waals surface area contributed by atoms with Crippen molar-refractivity contribution >= 4 is 23.3 Å². The average Bonchev–Trinajstić information content (AvgIpc) is 3.13. The van der Waals surface area contributed by atoms with Crippen LogP contribution < -0.4 is 10.2 Å². The van der Waals surface area contributed by atoms with E-state index in [1.807, 2.05) is 11.0 Å². The lowest BCUT2D eigenvalue weighted by atomic mass is 10.1. The molecule has 0 spiro atoms. The summed E-state index contributed by atoms with van der Waals surface area (Å²) in [6.45, 7) is 5.81. The summed E-state index contributed by atoms with van der Waals surface area (Å²) in [5.74, 6) is 1.17. The van der Waals surface area contributed by atoms with E-state index in [1.54, 1.807) is 23.7 Å². The quantitative estimate of drug-likeness (QED) is 0.903. The second kappa shape index (κ2) is 8.10. The van der Waals surface area contributed by atoms with E-state index in [9.17, 15) is 4.79 Å². The summed E-state index contributed by atoms with van der Waals surface area (Å²) in [7, 11) is 0. The number of nitrogens with zero attached hydrogens (tertiary/aromatic N) is 4. The van der Waals surface area contributed by atoms with Crippen LogP contribution in [0.3, 0.4) is 0 Å². The predicted molar refractivity (Wildman–Crippen MR) is 96.4 cm³/mol. The van der Waals surface area contributed by atoms with E-state index in [1.165, 1.54) is 4.88 Å². The normalized spacial score (nSPS) is 16.0. The molecule has 0 aromatic carbocycles. The van der Waals surface area contributed by atoms with Gasteiger partial charge in [-0.1, -0.05) is 13.0 Å². The minimum absolute atomic E-state index is 0.0293. The number of hydrogen-bond donors (Lipinski definition) is 1. The highest BCUT2D eigenvalue weighted by Gasteiger charge is 2.22. The van der Waals surface area contributed by atoms with Crippen LogP contribution in [0.2, 0.25) is 0 Å². The van der Waals surface area contributed by atoms with Crippen LogP contribution in [0.25, 0.3) is 0 Å². The molecule has 3 heterocycles. The molecule has 1 N–H and O–H groups in total. The van der Waals surface area contributed by atoms with Crippen LogP contribution in [0.1, 0.15) is 11.8 Å². The van der Waals surface area contributed by atoms with Crippen molar-refractivity contribution in [3.8, 4) is 0 Å². The minimum Gasteiger partial charge on any atom is -0.338 e. The smallest absolute Gasteiger partial charge is 0.317 e. The maximum atomic E-state index is 12.3. The molecule has 1 unspecified atom stereocenters. The van der Waals surface area contributed by atoms with E-state index in [2.05, 4.69) is 44.6 Å². The zero-order valence-electron chi connectivity index (χ0n) is 13.9. The summed E-state index contributed by atoms with van der Waals surface area (Å²) in [5, 5.41) is 5.15. The first kappa shape index (κ1) is 16.7. The Labute approximate surface area is 146 Å². The number of anilines is 1. The highest BCUT2D eigenvalue weighted by atomic mass is 32.1. The Morgan fingerprint density at radius 2 is 2.00 bits per heavy atom. The molecule has 1 saturated heterocycles. The number of carbonyl (C=O) groups is 1. The van der Waals surface area contributed by atoms with Gasteiger partial charge in [0.2, 0.25) is 5.95 Å². The second-order valence-electron chi connectivity index (χ2n) is 6.10. The fraction of sp³-hybridized carbons (Fsp3) is 0.471. The van der Waals surface area contributed by atoms with E-state index in [4.69, 9.17) is 0 Å². The third kappa shape index (κ3) is 4.44. The van der Waals surface area contributed by atoms with Gasteiger partial charge in [0.25, 0.3) is 0 Å². The van der Waals surface area contributed by atoms with E-state index < -0.39 is 0 Å². The van der Waals surface area contributed by atoms with Crippen LogP contribution in [-0.4, -0.2) is 53.6 Å². The number of piperazine rings is 1. The summed E-state index contributed by atoms with van der Waals surface area (Å²) in [6, 6.07) is 6.06. The van der Waals surface area contributed by atoms with Crippen LogP contribution in [-0.2, 0) is 6.42 Å². The maximum absolute atomic E-state index is 12.3. The molecule has 1 aliphatic rings. The number of hydrogen-bond acceptors (Lipinski definition) is 5. The Morgan fingerprint density at radius 3 is 2.67 bits per heavy atom. The molecule has 7 heteroatoms. The lowest BCUT2D eigenvalue weighted by molar-refractivity contribution is 0.192. The minimum atomic E-state index is 0.0293. The van der Waals surface area contributed by atoms with E-state index in [0.717, 1.165) is 25.5 Å². The standard InChI is InChI=1S/C17H23N5OS/c1-14(12-15-4-2-11-24-15)13-20-17(23)22-9-7-21(8-10-22)16-18-5-3-6-19-16/h2-6,11,14H,7-10,12-13H2,1H3,(H,20,23). The fourth-order valence-electron chi connectivity index (χ4n) is 2.78. The van der Waals surface area contributed by atoms with Crippen LogP contribution in [0.5, 0.6) is 0 Å². The summed E-state index contributed by atoms with van der Waals surface area (Å²) >= 11 is 1.77. The molecule has 6 nitrogen and oxygen atoms in total. The lowest BCUT2D eigenvalue weighted by Gasteiger charge is -2.34. The van der Waals surface area contributed by atoms with Crippen LogP contribution in [0.4, 0.5) is 10.7 Å². The van der Waals surface area contributed by atoms with Crippen molar-refractivity contribution in [1.82, 2.24) is 20.2 Å². The highest BCUT2D eigenvalue weighted by Crippen LogP contribution is 2.14. The van der Waals surface area contributed by atoms with E-state index in [0.29, 0.717) is 25.6 Å². The molecule has 2 amide bonds. The monoisotopic (exact) mass is 345 g/mol. The fourth-order valence-corrected chi connectivity index (χ4v) is 3.65. The summed E-state index contributed by atoms with van der Waals surface area (Å²) in [5.41, 5.74) is 0. The molecule has 3 rings (SSSR count). The van der Waals surface area contributed by atoms with Crippen molar-refractivity contribution in [3.63, 3.8) is 0 Å². The third-order valence-electron chi connectivity index (χ3n) is 4.13. The van der Waals surface area contributed by atoms with Gasteiger partial charge in [-0.15, -0.1) is 11.3 Å². The first-order valence-corrected chi connectivity index (χ1v) is 9.17. The second-order valence-corrected chi connectivity index (χ2v) is 7.13. The topological polar surface area (TPSA) is 61.4 Å². The maximum Gasteiger partial charge on any atom is 0.317 e. The van der Waals surface area contributed by atoms with Crippen LogP contribution in [0, 0.1) is 5.92 Å². The molecule has 1 fully saturated rings. The first-order valence-electron chi connectivity index (χ1n) is 8.29. The number of aromatic nitrogens is 2. The van der Waals surface area contributed by atoms with Crippen molar-refractivity contribution < 1.29 is 4.79 Å². The molecule has 128 valence electrons. The van der Waals surface area contributed by atoms with Crippen molar-refractivity contribution in [2.24, 2.45) is 5.92 Å². The van der Waals surface area contributed by atoms with Crippen molar-refractivity contribution in [2.75, 3.05) is 37.6 Å². The van der Waals surface area contributed by atoms with Gasteiger partial charge in [-0.25, -0.2) is 14.8 Å². The predicted octanol–water partition coefficient (Wildman–Crippen LogP) is 2.25. The van der Waals surface area contributed by atoms with Gasteiger partial charge in [0.1, 0.15) is 0 Å². The molecule has 0 saturated carbocycles. The molecule has 0 radical (unpaired) electrons. The number of nitrogens with one attached hydrogen (secondary N) is 1. The molecule has 0 bridgehead atoms. The van der Waals surface area contributed by atoms with E-state index >= 15 is 0 Å². The third-order valence-corrected chi connectivity index (χ3v) is 5.03. The molecule has 2 aromatic heterocycles. The van der Waals surface area contributed by atoms with Crippen LogP contribution >= 0.6 is 11.3 Å². The first-order chi connectivity index (χ1) is 11.7.